The molecule has 9 rings (SSSR count). The minimum atomic E-state index is 0.662. The third kappa shape index (κ3) is 3.78. The molecule has 0 N–H and O–H groups in total. The zero-order valence-electron chi connectivity index (χ0n) is 23.8. The van der Waals surface area contributed by atoms with Gasteiger partial charge in [-0.1, -0.05) is 109 Å². The molecule has 44 heavy (non-hydrogen) atoms. The summed E-state index contributed by atoms with van der Waals surface area (Å²) >= 11 is 0. The third-order valence-electron chi connectivity index (χ3n) is 8.64. The van der Waals surface area contributed by atoms with Crippen LogP contribution in [0.25, 0.3) is 77.5 Å². The summed E-state index contributed by atoms with van der Waals surface area (Å²) in [5.41, 5.74) is 10.2. The molecule has 4 heteroatoms. The van der Waals surface area contributed by atoms with Crippen LogP contribution in [-0.4, -0.2) is 19.1 Å². The van der Waals surface area contributed by atoms with E-state index in [9.17, 15) is 0 Å². The molecule has 4 nitrogen and oxygen atoms in total. The summed E-state index contributed by atoms with van der Waals surface area (Å²) < 4.78 is 4.58. The van der Waals surface area contributed by atoms with Crippen molar-refractivity contribution in [2.24, 2.45) is 0 Å². The topological polar surface area (TPSA) is 35.6 Å². The summed E-state index contributed by atoms with van der Waals surface area (Å²) in [6.45, 7) is 0. The molecule has 0 spiro atoms. The Labute approximate surface area is 254 Å². The van der Waals surface area contributed by atoms with Crippen molar-refractivity contribution in [2.45, 2.75) is 0 Å². The van der Waals surface area contributed by atoms with E-state index < -0.39 is 0 Å². The lowest BCUT2D eigenvalue weighted by atomic mass is 10.1. The van der Waals surface area contributed by atoms with Crippen LogP contribution < -0.4 is 0 Å². The molecule has 0 saturated carbocycles. The molecule has 3 aromatic heterocycles. The van der Waals surface area contributed by atoms with E-state index in [2.05, 4.69) is 137 Å². The van der Waals surface area contributed by atoms with Gasteiger partial charge in [0.05, 0.1) is 22.1 Å². The highest BCUT2D eigenvalue weighted by atomic mass is 15.1. The largest absolute Gasteiger partial charge is 0.309 e. The van der Waals surface area contributed by atoms with Gasteiger partial charge in [-0.2, -0.15) is 0 Å². The van der Waals surface area contributed by atoms with Gasteiger partial charge in [-0.25, -0.2) is 9.97 Å². The monoisotopic (exact) mass is 562 g/mol. The van der Waals surface area contributed by atoms with Crippen molar-refractivity contribution in [3.05, 3.63) is 158 Å². The number of hydrogen-bond acceptors (Lipinski definition) is 2. The van der Waals surface area contributed by atoms with Crippen molar-refractivity contribution in [2.75, 3.05) is 0 Å². The van der Waals surface area contributed by atoms with Crippen molar-refractivity contribution in [1.82, 2.24) is 19.1 Å². The lowest BCUT2D eigenvalue weighted by Gasteiger charge is -2.10. The second kappa shape index (κ2) is 9.79. The molecule has 0 aliphatic rings. The predicted molar refractivity (Wildman–Crippen MR) is 182 cm³/mol. The van der Waals surface area contributed by atoms with Crippen LogP contribution in [0.15, 0.2) is 158 Å². The Kier molecular flexibility index (Phi) is 5.47. The number of hydrogen-bond donors (Lipinski definition) is 0. The Morgan fingerprint density at radius 3 is 1.39 bits per heavy atom. The van der Waals surface area contributed by atoms with Gasteiger partial charge in [0, 0.05) is 45.2 Å². The molecule has 0 radical (unpaired) electrons. The van der Waals surface area contributed by atoms with Crippen LogP contribution in [0.4, 0.5) is 0 Å². The van der Waals surface area contributed by atoms with E-state index >= 15 is 0 Å². The number of nitrogens with zero attached hydrogens (tertiary/aromatic N) is 4. The van der Waals surface area contributed by atoms with E-state index in [4.69, 9.17) is 9.97 Å². The number of para-hydroxylation sites is 2. The first-order valence-electron chi connectivity index (χ1n) is 14.8. The minimum Gasteiger partial charge on any atom is -0.309 e. The van der Waals surface area contributed by atoms with Crippen molar-refractivity contribution >= 4 is 43.6 Å². The molecule has 0 saturated heterocycles. The van der Waals surface area contributed by atoms with Gasteiger partial charge < -0.3 is 4.57 Å². The summed E-state index contributed by atoms with van der Waals surface area (Å²) in [6.07, 6.45) is 3.84. The average Bonchev–Trinajstić information content (AvgIpc) is 3.60. The van der Waals surface area contributed by atoms with Gasteiger partial charge in [-0.3, -0.25) is 4.57 Å². The molecule has 0 bridgehead atoms. The highest BCUT2D eigenvalue weighted by Gasteiger charge is 2.19. The van der Waals surface area contributed by atoms with Crippen molar-refractivity contribution in [3.8, 4) is 33.9 Å². The fourth-order valence-corrected chi connectivity index (χ4v) is 6.57. The first kappa shape index (κ1) is 24.6. The molecular weight excluding hydrogens is 536 g/mol. The quantitative estimate of drug-likeness (QED) is 0.214. The second-order valence-corrected chi connectivity index (χ2v) is 11.1. The van der Waals surface area contributed by atoms with Crippen LogP contribution >= 0.6 is 0 Å². The first-order valence-corrected chi connectivity index (χ1v) is 14.8. The minimum absolute atomic E-state index is 0.662. The lowest BCUT2D eigenvalue weighted by molar-refractivity contribution is 0.990. The van der Waals surface area contributed by atoms with Crippen LogP contribution in [0.5, 0.6) is 0 Å². The molecule has 0 fully saturated rings. The van der Waals surface area contributed by atoms with E-state index in [1.807, 2.05) is 30.6 Å². The van der Waals surface area contributed by atoms with Gasteiger partial charge in [-0.15, -0.1) is 0 Å². The summed E-state index contributed by atoms with van der Waals surface area (Å²) in [6, 6.07) is 51.5. The maximum atomic E-state index is 4.87. The Morgan fingerprint density at radius 2 is 0.795 bits per heavy atom. The second-order valence-electron chi connectivity index (χ2n) is 11.1. The highest BCUT2D eigenvalue weighted by Crippen LogP contribution is 2.39. The zero-order valence-corrected chi connectivity index (χ0v) is 23.8. The van der Waals surface area contributed by atoms with Crippen LogP contribution in [-0.2, 0) is 0 Å². The predicted octanol–water partition coefficient (Wildman–Crippen LogP) is 10.0. The molecule has 0 aliphatic carbocycles. The van der Waals surface area contributed by atoms with Gasteiger partial charge in [0.2, 0.25) is 5.95 Å². The molecule has 3 heterocycles. The van der Waals surface area contributed by atoms with Crippen molar-refractivity contribution < 1.29 is 0 Å². The zero-order chi connectivity index (χ0) is 29.0. The van der Waals surface area contributed by atoms with E-state index in [1.54, 1.807) is 0 Å². The molecule has 0 aliphatic heterocycles. The van der Waals surface area contributed by atoms with Gasteiger partial charge in [-0.05, 0) is 53.1 Å². The molecule has 0 unspecified atom stereocenters. The number of aromatic nitrogens is 4. The van der Waals surface area contributed by atoms with Crippen molar-refractivity contribution in [3.63, 3.8) is 0 Å². The molecule has 6 aromatic carbocycles. The molecule has 0 atom stereocenters. The Hall–Kier alpha value is -6.00. The normalized spacial score (nSPS) is 11.6. The Balaban J connectivity index is 1.28. The standard InChI is InChI=1S/C40H26N4/c1-3-11-27(12-4-1)29-19-21-31(22-20-29)43-36-17-9-7-15-32(36)34-24-39-35(23-38(34)43)33-16-8-10-18-37(33)44(39)40-41-25-30(26-42-40)28-13-5-2-6-14-28/h1-26H. The van der Waals surface area contributed by atoms with Gasteiger partial charge in [0.15, 0.2) is 0 Å². The molecule has 0 amide bonds. The SMILES string of the molecule is c1ccc(-c2ccc(-n3c4ccccc4c4cc5c(cc43)c3ccccc3n5-c3ncc(-c4ccccc4)cn3)cc2)cc1. The Morgan fingerprint density at radius 1 is 0.341 bits per heavy atom. The fraction of sp³-hybridized carbons (Fsp3) is 0. The first-order chi connectivity index (χ1) is 21.8. The van der Waals surface area contributed by atoms with Crippen LogP contribution in [0.3, 0.4) is 0 Å². The fourth-order valence-electron chi connectivity index (χ4n) is 6.57. The lowest BCUT2D eigenvalue weighted by Crippen LogP contribution is -2.00. The number of fused-ring (bicyclic) bond motifs is 6. The third-order valence-corrected chi connectivity index (χ3v) is 8.64. The molecular formula is C40H26N4. The Bertz CT molecular complexity index is 2280. The number of rotatable bonds is 4. The van der Waals surface area contributed by atoms with Crippen LogP contribution in [0.1, 0.15) is 0 Å². The van der Waals surface area contributed by atoms with Crippen LogP contribution in [0.2, 0.25) is 0 Å². The van der Waals surface area contributed by atoms with Gasteiger partial charge in [0.25, 0.3) is 0 Å². The summed E-state index contributed by atoms with van der Waals surface area (Å²) in [7, 11) is 0. The summed E-state index contributed by atoms with van der Waals surface area (Å²) in [4.78, 5) is 9.75. The van der Waals surface area contributed by atoms with E-state index in [1.165, 1.54) is 43.7 Å². The summed E-state index contributed by atoms with van der Waals surface area (Å²) in [5, 5.41) is 4.77. The smallest absolute Gasteiger partial charge is 0.234 e. The molecule has 206 valence electrons. The van der Waals surface area contributed by atoms with Crippen LogP contribution in [0, 0.1) is 0 Å². The van der Waals surface area contributed by atoms with Crippen molar-refractivity contribution in [1.29, 1.82) is 0 Å². The van der Waals surface area contributed by atoms with E-state index in [0.717, 1.165) is 27.8 Å². The molecule has 9 aromatic rings. The van der Waals surface area contributed by atoms with E-state index in [0.29, 0.717) is 5.95 Å². The van der Waals surface area contributed by atoms with Gasteiger partial charge in [0.1, 0.15) is 0 Å². The van der Waals surface area contributed by atoms with Gasteiger partial charge >= 0.3 is 0 Å². The maximum absolute atomic E-state index is 4.87. The number of benzene rings is 6. The highest BCUT2D eigenvalue weighted by molar-refractivity contribution is 6.18. The van der Waals surface area contributed by atoms with E-state index in [-0.39, 0.29) is 0 Å². The summed E-state index contributed by atoms with van der Waals surface area (Å²) in [5.74, 6) is 0.662. The maximum Gasteiger partial charge on any atom is 0.234 e. The average molecular weight is 563 g/mol.